The number of nitrogens with zero attached hydrogens (tertiary/aromatic N) is 2. The van der Waals surface area contributed by atoms with Crippen LogP contribution < -0.4 is 5.32 Å². The zero-order valence-electron chi connectivity index (χ0n) is 12.3. The van der Waals surface area contributed by atoms with Crippen LogP contribution in [0.2, 0.25) is 0 Å². The number of piperidine rings is 1. The van der Waals surface area contributed by atoms with Crippen molar-refractivity contribution in [2.24, 2.45) is 0 Å². The SMILES string of the molecule is CN(CC1CCCCN1)CN1C(=O)c2ccccc2C1=O. The minimum absolute atomic E-state index is 0.181. The molecule has 1 unspecified atom stereocenters. The third kappa shape index (κ3) is 2.84. The van der Waals surface area contributed by atoms with Gasteiger partial charge in [0.05, 0.1) is 17.8 Å². The molecule has 0 bridgehead atoms. The lowest BCUT2D eigenvalue weighted by Gasteiger charge is -2.30. The van der Waals surface area contributed by atoms with Gasteiger partial charge in [-0.05, 0) is 38.6 Å². The van der Waals surface area contributed by atoms with Crippen molar-refractivity contribution in [3.05, 3.63) is 35.4 Å². The number of fused-ring (bicyclic) bond motifs is 1. The highest BCUT2D eigenvalue weighted by atomic mass is 16.2. The average molecular weight is 287 g/mol. The zero-order valence-corrected chi connectivity index (χ0v) is 12.3. The lowest BCUT2D eigenvalue weighted by Crippen LogP contribution is -2.46. The molecule has 1 saturated heterocycles. The highest BCUT2D eigenvalue weighted by Gasteiger charge is 2.35. The number of hydrogen-bond donors (Lipinski definition) is 1. The molecule has 1 fully saturated rings. The van der Waals surface area contributed by atoms with E-state index < -0.39 is 0 Å². The minimum atomic E-state index is -0.181. The van der Waals surface area contributed by atoms with Crippen LogP contribution in [0.5, 0.6) is 0 Å². The third-order valence-corrected chi connectivity index (χ3v) is 4.21. The molecular weight excluding hydrogens is 266 g/mol. The van der Waals surface area contributed by atoms with E-state index >= 15 is 0 Å². The molecule has 3 rings (SSSR count). The molecule has 112 valence electrons. The molecule has 21 heavy (non-hydrogen) atoms. The summed E-state index contributed by atoms with van der Waals surface area (Å²) in [7, 11) is 1.96. The second kappa shape index (κ2) is 5.95. The van der Waals surface area contributed by atoms with E-state index in [1.54, 1.807) is 24.3 Å². The number of rotatable bonds is 4. The Morgan fingerprint density at radius 2 is 1.86 bits per heavy atom. The van der Waals surface area contributed by atoms with Crippen LogP contribution in [0, 0.1) is 0 Å². The Kier molecular flexibility index (Phi) is 4.03. The lowest BCUT2D eigenvalue weighted by molar-refractivity contribution is 0.0554. The zero-order chi connectivity index (χ0) is 14.8. The molecule has 1 atom stereocenters. The van der Waals surface area contributed by atoms with E-state index in [-0.39, 0.29) is 11.8 Å². The molecule has 5 nitrogen and oxygen atoms in total. The summed E-state index contributed by atoms with van der Waals surface area (Å²) >= 11 is 0. The minimum Gasteiger partial charge on any atom is -0.313 e. The Morgan fingerprint density at radius 3 is 2.43 bits per heavy atom. The standard InChI is InChI=1S/C16H21N3O2/c1-18(10-12-6-4-5-9-17-12)11-19-15(20)13-7-2-3-8-14(13)16(19)21/h2-3,7-8,12,17H,4-6,9-11H2,1H3. The number of nitrogens with one attached hydrogen (secondary N) is 1. The maximum Gasteiger partial charge on any atom is 0.262 e. The van der Waals surface area contributed by atoms with Gasteiger partial charge in [0.25, 0.3) is 11.8 Å². The first kappa shape index (κ1) is 14.2. The largest absolute Gasteiger partial charge is 0.313 e. The first-order valence-electron chi connectivity index (χ1n) is 7.54. The van der Waals surface area contributed by atoms with Crippen molar-refractivity contribution in [3.8, 4) is 0 Å². The Labute approximate surface area is 124 Å². The van der Waals surface area contributed by atoms with Gasteiger partial charge in [0.2, 0.25) is 0 Å². The van der Waals surface area contributed by atoms with E-state index in [2.05, 4.69) is 5.32 Å². The molecule has 2 heterocycles. The van der Waals surface area contributed by atoms with Crippen molar-refractivity contribution in [1.29, 1.82) is 0 Å². The molecule has 0 saturated carbocycles. The first-order chi connectivity index (χ1) is 10.2. The number of hydrogen-bond acceptors (Lipinski definition) is 4. The Hall–Kier alpha value is -1.72. The van der Waals surface area contributed by atoms with Crippen molar-refractivity contribution in [1.82, 2.24) is 15.1 Å². The van der Waals surface area contributed by atoms with E-state index in [4.69, 9.17) is 0 Å². The van der Waals surface area contributed by atoms with Crippen LogP contribution in [-0.2, 0) is 0 Å². The summed E-state index contributed by atoms with van der Waals surface area (Å²) < 4.78 is 0. The van der Waals surface area contributed by atoms with Gasteiger partial charge in [0, 0.05) is 12.6 Å². The van der Waals surface area contributed by atoms with E-state index in [0.29, 0.717) is 23.8 Å². The van der Waals surface area contributed by atoms with Gasteiger partial charge >= 0.3 is 0 Å². The third-order valence-electron chi connectivity index (χ3n) is 4.21. The van der Waals surface area contributed by atoms with E-state index in [1.165, 1.54) is 17.7 Å². The lowest BCUT2D eigenvalue weighted by atomic mass is 10.1. The second-order valence-corrected chi connectivity index (χ2v) is 5.91. The Balaban J connectivity index is 1.63. The van der Waals surface area contributed by atoms with Crippen molar-refractivity contribution >= 4 is 11.8 Å². The van der Waals surface area contributed by atoms with Gasteiger partial charge in [-0.25, -0.2) is 0 Å². The van der Waals surface area contributed by atoms with Crippen LogP contribution in [-0.4, -0.2) is 54.5 Å². The van der Waals surface area contributed by atoms with Crippen molar-refractivity contribution in [2.75, 3.05) is 26.8 Å². The van der Waals surface area contributed by atoms with Crippen LogP contribution in [0.4, 0.5) is 0 Å². The smallest absolute Gasteiger partial charge is 0.262 e. The fraction of sp³-hybridized carbons (Fsp3) is 0.500. The quantitative estimate of drug-likeness (QED) is 0.849. The molecule has 2 amide bonds. The molecule has 0 aliphatic carbocycles. The van der Waals surface area contributed by atoms with Crippen LogP contribution in [0.1, 0.15) is 40.0 Å². The number of amides is 2. The Bertz CT molecular complexity index is 517. The fourth-order valence-electron chi connectivity index (χ4n) is 3.12. The first-order valence-corrected chi connectivity index (χ1v) is 7.54. The molecule has 1 aromatic carbocycles. The second-order valence-electron chi connectivity index (χ2n) is 5.91. The number of carbonyl (C=O) groups excluding carboxylic acids is 2. The summed E-state index contributed by atoms with van der Waals surface area (Å²) in [5, 5.41) is 3.48. The highest BCUT2D eigenvalue weighted by Crippen LogP contribution is 2.22. The van der Waals surface area contributed by atoms with Crippen LogP contribution in [0.25, 0.3) is 0 Å². The summed E-state index contributed by atoms with van der Waals surface area (Å²) in [6.45, 7) is 2.27. The molecule has 2 aliphatic rings. The van der Waals surface area contributed by atoms with E-state index in [0.717, 1.165) is 19.5 Å². The summed E-state index contributed by atoms with van der Waals surface area (Å²) in [4.78, 5) is 28.0. The Morgan fingerprint density at radius 1 is 1.19 bits per heavy atom. The fourth-order valence-corrected chi connectivity index (χ4v) is 3.12. The summed E-state index contributed by atoms with van der Waals surface area (Å²) in [5.41, 5.74) is 1.04. The van der Waals surface area contributed by atoms with E-state index in [9.17, 15) is 9.59 Å². The summed E-state index contributed by atoms with van der Waals surface area (Å²) in [5.74, 6) is -0.363. The molecule has 0 spiro atoms. The van der Waals surface area contributed by atoms with Crippen molar-refractivity contribution < 1.29 is 9.59 Å². The molecular formula is C16H21N3O2. The number of benzene rings is 1. The number of likely N-dealkylation sites (N-methyl/N-ethyl adjacent to an activating group) is 1. The predicted octanol–water partition coefficient (Wildman–Crippen LogP) is 1.31. The topological polar surface area (TPSA) is 52.6 Å². The predicted molar refractivity (Wildman–Crippen MR) is 80.1 cm³/mol. The van der Waals surface area contributed by atoms with Gasteiger partial charge in [-0.3, -0.25) is 19.4 Å². The molecule has 1 N–H and O–H groups in total. The monoisotopic (exact) mass is 287 g/mol. The van der Waals surface area contributed by atoms with E-state index in [1.807, 2.05) is 11.9 Å². The van der Waals surface area contributed by atoms with Crippen molar-refractivity contribution in [3.63, 3.8) is 0 Å². The molecule has 0 radical (unpaired) electrons. The normalized spacial score (nSPS) is 22.0. The average Bonchev–Trinajstić information content (AvgIpc) is 2.74. The number of imide groups is 1. The van der Waals surface area contributed by atoms with Gasteiger partial charge < -0.3 is 5.32 Å². The summed E-state index contributed by atoms with van der Waals surface area (Å²) in [6, 6.07) is 7.49. The van der Waals surface area contributed by atoms with Crippen molar-refractivity contribution in [2.45, 2.75) is 25.3 Å². The van der Waals surface area contributed by atoms with Gasteiger partial charge in [-0.15, -0.1) is 0 Å². The number of carbonyl (C=O) groups is 2. The maximum atomic E-state index is 12.3. The molecule has 0 aromatic heterocycles. The molecule has 2 aliphatic heterocycles. The summed E-state index contributed by atoms with van der Waals surface area (Å²) in [6.07, 6.45) is 3.64. The molecule has 5 heteroatoms. The van der Waals surface area contributed by atoms with Gasteiger partial charge in [-0.1, -0.05) is 18.6 Å². The highest BCUT2D eigenvalue weighted by molar-refractivity contribution is 6.21. The van der Waals surface area contributed by atoms with Gasteiger partial charge in [0.15, 0.2) is 0 Å². The van der Waals surface area contributed by atoms with Gasteiger partial charge in [0.1, 0.15) is 0 Å². The maximum absolute atomic E-state index is 12.3. The van der Waals surface area contributed by atoms with Gasteiger partial charge in [-0.2, -0.15) is 0 Å². The van der Waals surface area contributed by atoms with Crippen LogP contribution in [0.3, 0.4) is 0 Å². The van der Waals surface area contributed by atoms with Crippen LogP contribution in [0.15, 0.2) is 24.3 Å². The van der Waals surface area contributed by atoms with Crippen LogP contribution >= 0.6 is 0 Å². The molecule has 1 aromatic rings.